The van der Waals surface area contributed by atoms with Gasteiger partial charge < -0.3 is 5.73 Å². The molecule has 0 amide bonds. The lowest BCUT2D eigenvalue weighted by molar-refractivity contribution is 0.0838. The predicted octanol–water partition coefficient (Wildman–Crippen LogP) is 2.13. The van der Waals surface area contributed by atoms with Crippen LogP contribution in [0.2, 0.25) is 0 Å². The van der Waals surface area contributed by atoms with Crippen LogP contribution in [0.3, 0.4) is 0 Å². The number of carbonyl (C=O) groups is 1. The van der Waals surface area contributed by atoms with Crippen molar-refractivity contribution in [2.45, 2.75) is 13.8 Å². The van der Waals surface area contributed by atoms with Gasteiger partial charge in [0.1, 0.15) is 11.6 Å². The largest absolute Gasteiger partial charge is 0.329 e. The zero-order valence-corrected chi connectivity index (χ0v) is 8.68. The highest BCUT2D eigenvalue weighted by molar-refractivity contribution is 6.00. The second-order valence-electron chi connectivity index (χ2n) is 4.01. The van der Waals surface area contributed by atoms with Crippen LogP contribution in [0.25, 0.3) is 0 Å². The summed E-state index contributed by atoms with van der Waals surface area (Å²) in [6.07, 6.45) is 0. The number of Topliss-reactive ketones (excluding diaryl/α,β-unsaturated/α-hetero) is 1. The number of rotatable bonds is 3. The SMILES string of the molecule is CC(C)(CN)C(=O)c1c(F)cccc1F. The lowest BCUT2D eigenvalue weighted by Gasteiger charge is -2.21. The molecule has 0 aliphatic heterocycles. The number of nitrogens with two attached hydrogens (primary N) is 1. The number of ketones is 1. The average molecular weight is 213 g/mol. The van der Waals surface area contributed by atoms with Crippen molar-refractivity contribution in [1.82, 2.24) is 0 Å². The molecule has 1 rings (SSSR count). The molecule has 0 saturated heterocycles. The first kappa shape index (κ1) is 11.8. The van der Waals surface area contributed by atoms with Crippen molar-refractivity contribution in [3.05, 3.63) is 35.4 Å². The van der Waals surface area contributed by atoms with Crippen LogP contribution in [-0.4, -0.2) is 12.3 Å². The van der Waals surface area contributed by atoms with Crippen LogP contribution in [0.1, 0.15) is 24.2 Å². The normalized spacial score (nSPS) is 11.5. The molecule has 0 saturated carbocycles. The van der Waals surface area contributed by atoms with E-state index >= 15 is 0 Å². The highest BCUT2D eigenvalue weighted by Gasteiger charge is 2.31. The van der Waals surface area contributed by atoms with Crippen molar-refractivity contribution < 1.29 is 13.6 Å². The van der Waals surface area contributed by atoms with Crippen LogP contribution in [0.15, 0.2) is 18.2 Å². The first-order valence-electron chi connectivity index (χ1n) is 4.59. The van der Waals surface area contributed by atoms with E-state index in [-0.39, 0.29) is 6.54 Å². The summed E-state index contributed by atoms with van der Waals surface area (Å²) in [6, 6.07) is 3.34. The van der Waals surface area contributed by atoms with Gasteiger partial charge in [0.05, 0.1) is 5.56 Å². The number of hydrogen-bond acceptors (Lipinski definition) is 2. The molecule has 0 aliphatic rings. The summed E-state index contributed by atoms with van der Waals surface area (Å²) in [5.41, 5.74) is 3.92. The zero-order chi connectivity index (χ0) is 11.6. The Hall–Kier alpha value is -1.29. The molecule has 82 valence electrons. The van der Waals surface area contributed by atoms with Gasteiger partial charge in [0.15, 0.2) is 5.78 Å². The molecule has 1 aromatic carbocycles. The van der Waals surface area contributed by atoms with E-state index in [1.165, 1.54) is 6.07 Å². The Morgan fingerprint density at radius 3 is 2.20 bits per heavy atom. The van der Waals surface area contributed by atoms with Crippen LogP contribution in [-0.2, 0) is 0 Å². The Balaban J connectivity index is 3.23. The Morgan fingerprint density at radius 1 is 1.33 bits per heavy atom. The quantitative estimate of drug-likeness (QED) is 0.781. The Morgan fingerprint density at radius 2 is 1.80 bits per heavy atom. The van der Waals surface area contributed by atoms with Crippen LogP contribution in [0, 0.1) is 17.0 Å². The van der Waals surface area contributed by atoms with Gasteiger partial charge in [-0.1, -0.05) is 19.9 Å². The summed E-state index contributed by atoms with van der Waals surface area (Å²) in [6.45, 7) is 3.15. The molecule has 0 heterocycles. The molecule has 0 atom stereocenters. The molecule has 0 aromatic heterocycles. The standard InChI is InChI=1S/C11H13F2NO/c1-11(2,6-14)10(15)9-7(12)4-3-5-8(9)13/h3-5H,6,14H2,1-2H3. The van der Waals surface area contributed by atoms with Gasteiger partial charge in [0.25, 0.3) is 0 Å². The number of benzene rings is 1. The van der Waals surface area contributed by atoms with Gasteiger partial charge in [-0.3, -0.25) is 4.79 Å². The average Bonchev–Trinajstić information content (AvgIpc) is 2.17. The molecular weight excluding hydrogens is 200 g/mol. The molecular formula is C11H13F2NO. The van der Waals surface area contributed by atoms with Gasteiger partial charge in [0.2, 0.25) is 0 Å². The summed E-state index contributed by atoms with van der Waals surface area (Å²) in [5, 5.41) is 0. The zero-order valence-electron chi connectivity index (χ0n) is 8.68. The predicted molar refractivity (Wildman–Crippen MR) is 53.5 cm³/mol. The molecule has 1 aromatic rings. The van der Waals surface area contributed by atoms with E-state index in [0.717, 1.165) is 12.1 Å². The van der Waals surface area contributed by atoms with E-state index < -0.39 is 28.4 Å². The summed E-state index contributed by atoms with van der Waals surface area (Å²) < 4.78 is 26.5. The molecule has 2 nitrogen and oxygen atoms in total. The second kappa shape index (κ2) is 4.06. The fourth-order valence-corrected chi connectivity index (χ4v) is 1.15. The molecule has 0 fully saturated rings. The van der Waals surface area contributed by atoms with Crippen molar-refractivity contribution in [3.63, 3.8) is 0 Å². The number of hydrogen-bond donors (Lipinski definition) is 1. The summed E-state index contributed by atoms with van der Waals surface area (Å²) in [4.78, 5) is 11.8. The topological polar surface area (TPSA) is 43.1 Å². The lowest BCUT2D eigenvalue weighted by Crippen LogP contribution is -2.33. The molecule has 4 heteroatoms. The minimum absolute atomic E-state index is 0.0413. The Bertz CT molecular complexity index is 368. The molecule has 2 N–H and O–H groups in total. The van der Waals surface area contributed by atoms with Crippen LogP contribution in [0.4, 0.5) is 8.78 Å². The van der Waals surface area contributed by atoms with Crippen LogP contribution < -0.4 is 5.73 Å². The van der Waals surface area contributed by atoms with E-state index in [2.05, 4.69) is 0 Å². The molecule has 0 radical (unpaired) electrons. The first-order valence-corrected chi connectivity index (χ1v) is 4.59. The first-order chi connectivity index (χ1) is 6.90. The maximum atomic E-state index is 13.3. The van der Waals surface area contributed by atoms with Gasteiger partial charge in [-0.15, -0.1) is 0 Å². The Kier molecular flexibility index (Phi) is 3.19. The van der Waals surface area contributed by atoms with Gasteiger partial charge >= 0.3 is 0 Å². The summed E-state index contributed by atoms with van der Waals surface area (Å²) in [5.74, 6) is -2.30. The second-order valence-corrected chi connectivity index (χ2v) is 4.01. The van der Waals surface area contributed by atoms with Gasteiger partial charge in [-0.2, -0.15) is 0 Å². The van der Waals surface area contributed by atoms with Crippen molar-refractivity contribution in [2.75, 3.05) is 6.54 Å². The molecule has 0 aliphatic carbocycles. The third-order valence-electron chi connectivity index (χ3n) is 2.31. The summed E-state index contributed by atoms with van der Waals surface area (Å²) >= 11 is 0. The Labute approximate surface area is 87.1 Å². The van der Waals surface area contributed by atoms with Crippen LogP contribution in [0.5, 0.6) is 0 Å². The minimum atomic E-state index is -0.955. The van der Waals surface area contributed by atoms with Gasteiger partial charge in [-0.25, -0.2) is 8.78 Å². The van der Waals surface area contributed by atoms with Gasteiger partial charge in [0, 0.05) is 12.0 Å². The van der Waals surface area contributed by atoms with Crippen molar-refractivity contribution >= 4 is 5.78 Å². The van der Waals surface area contributed by atoms with E-state index in [4.69, 9.17) is 5.73 Å². The third kappa shape index (κ3) is 2.21. The molecule has 15 heavy (non-hydrogen) atoms. The molecule has 0 bridgehead atoms. The maximum Gasteiger partial charge on any atom is 0.175 e. The maximum absolute atomic E-state index is 13.3. The van der Waals surface area contributed by atoms with Crippen molar-refractivity contribution in [2.24, 2.45) is 11.1 Å². The smallest absolute Gasteiger partial charge is 0.175 e. The number of carbonyl (C=O) groups excluding carboxylic acids is 1. The molecule has 0 spiro atoms. The summed E-state index contributed by atoms with van der Waals surface area (Å²) in [7, 11) is 0. The van der Waals surface area contributed by atoms with Crippen molar-refractivity contribution in [3.8, 4) is 0 Å². The highest BCUT2D eigenvalue weighted by Crippen LogP contribution is 2.24. The van der Waals surface area contributed by atoms with Gasteiger partial charge in [-0.05, 0) is 12.1 Å². The fraction of sp³-hybridized carbons (Fsp3) is 0.364. The lowest BCUT2D eigenvalue weighted by atomic mass is 9.84. The third-order valence-corrected chi connectivity index (χ3v) is 2.31. The highest BCUT2D eigenvalue weighted by atomic mass is 19.1. The molecule has 0 unspecified atom stereocenters. The van der Waals surface area contributed by atoms with Crippen LogP contribution >= 0.6 is 0 Å². The van der Waals surface area contributed by atoms with E-state index in [0.29, 0.717) is 0 Å². The van der Waals surface area contributed by atoms with Crippen molar-refractivity contribution in [1.29, 1.82) is 0 Å². The van der Waals surface area contributed by atoms with E-state index in [1.54, 1.807) is 13.8 Å². The van der Waals surface area contributed by atoms with E-state index in [9.17, 15) is 13.6 Å². The minimum Gasteiger partial charge on any atom is -0.329 e. The number of halogens is 2. The fourth-order valence-electron chi connectivity index (χ4n) is 1.15. The monoisotopic (exact) mass is 213 g/mol. The van der Waals surface area contributed by atoms with E-state index in [1.807, 2.05) is 0 Å².